The number of nitrogens with one attached hydrogen (secondary N) is 1. The van der Waals surface area contributed by atoms with Crippen molar-refractivity contribution in [2.45, 2.75) is 33.5 Å². The Labute approximate surface area is 131 Å². The van der Waals surface area contributed by atoms with Crippen molar-refractivity contribution in [3.8, 4) is 5.75 Å². The van der Waals surface area contributed by atoms with Crippen LogP contribution in [-0.4, -0.2) is 6.61 Å². The van der Waals surface area contributed by atoms with Crippen molar-refractivity contribution in [2.75, 3.05) is 0 Å². The lowest BCUT2D eigenvalue weighted by Gasteiger charge is -2.11. The van der Waals surface area contributed by atoms with Crippen LogP contribution >= 0.6 is 22.9 Å². The third kappa shape index (κ3) is 4.66. The number of aryl methyl sites for hydroxylation is 2. The van der Waals surface area contributed by atoms with Crippen LogP contribution in [0.3, 0.4) is 0 Å². The van der Waals surface area contributed by atoms with Crippen LogP contribution in [0.4, 0.5) is 8.78 Å². The fraction of sp³-hybridized carbons (Fsp3) is 0.333. The fourth-order valence-corrected chi connectivity index (χ4v) is 3.17. The zero-order chi connectivity index (χ0) is 15.4. The molecule has 6 heteroatoms. The normalized spacial score (nSPS) is 11.1. The number of ether oxygens (including phenoxy) is 1. The quantitative estimate of drug-likeness (QED) is 0.812. The van der Waals surface area contributed by atoms with E-state index in [4.69, 9.17) is 11.6 Å². The van der Waals surface area contributed by atoms with E-state index in [2.05, 4.69) is 30.0 Å². The first kappa shape index (κ1) is 16.2. The van der Waals surface area contributed by atoms with Gasteiger partial charge in [0.05, 0.1) is 0 Å². The molecule has 0 spiro atoms. The van der Waals surface area contributed by atoms with Gasteiger partial charge in [-0.05, 0) is 43.7 Å². The Hall–Kier alpha value is -1.17. The predicted octanol–water partition coefficient (Wildman–Crippen LogP) is 4.91. The number of halogens is 3. The first-order valence-corrected chi connectivity index (χ1v) is 7.65. The molecule has 2 aromatic rings. The van der Waals surface area contributed by atoms with Gasteiger partial charge in [-0.1, -0.05) is 11.6 Å². The Morgan fingerprint density at radius 3 is 2.62 bits per heavy atom. The summed E-state index contributed by atoms with van der Waals surface area (Å²) in [5.74, 6) is 0.153. The van der Waals surface area contributed by atoms with E-state index < -0.39 is 6.61 Å². The van der Waals surface area contributed by atoms with Crippen molar-refractivity contribution in [3.05, 3.63) is 50.2 Å². The van der Waals surface area contributed by atoms with E-state index in [1.165, 1.54) is 27.5 Å². The molecule has 1 N–H and O–H groups in total. The van der Waals surface area contributed by atoms with Crippen LogP contribution < -0.4 is 10.1 Å². The molecule has 0 aliphatic carbocycles. The van der Waals surface area contributed by atoms with Crippen LogP contribution in [0.25, 0.3) is 0 Å². The van der Waals surface area contributed by atoms with Crippen LogP contribution in [0.5, 0.6) is 5.75 Å². The van der Waals surface area contributed by atoms with Crippen LogP contribution in [0.2, 0.25) is 5.02 Å². The Bertz CT molecular complexity index is 596. The Kier molecular flexibility index (Phi) is 5.56. The third-order valence-electron chi connectivity index (χ3n) is 3.07. The second-order valence-corrected chi connectivity index (χ2v) is 6.46. The molecule has 0 aliphatic rings. The van der Waals surface area contributed by atoms with Gasteiger partial charge in [0.25, 0.3) is 0 Å². The maximum Gasteiger partial charge on any atom is 0.387 e. The van der Waals surface area contributed by atoms with E-state index in [1.807, 2.05) is 0 Å². The van der Waals surface area contributed by atoms with Gasteiger partial charge in [-0.3, -0.25) is 0 Å². The van der Waals surface area contributed by atoms with E-state index in [0.29, 0.717) is 23.7 Å². The summed E-state index contributed by atoms with van der Waals surface area (Å²) in [7, 11) is 0. The topological polar surface area (TPSA) is 21.3 Å². The highest BCUT2D eigenvalue weighted by Crippen LogP contribution is 2.25. The van der Waals surface area contributed by atoms with Crippen molar-refractivity contribution in [1.29, 1.82) is 0 Å². The van der Waals surface area contributed by atoms with Gasteiger partial charge in [0, 0.05) is 33.4 Å². The lowest BCUT2D eigenvalue weighted by atomic mass is 10.2. The second-order valence-electron chi connectivity index (χ2n) is 4.69. The van der Waals surface area contributed by atoms with Gasteiger partial charge in [0.15, 0.2) is 0 Å². The van der Waals surface area contributed by atoms with Crippen LogP contribution in [0.1, 0.15) is 20.9 Å². The highest BCUT2D eigenvalue weighted by atomic mass is 35.5. The molecule has 2 nitrogen and oxygen atoms in total. The zero-order valence-electron chi connectivity index (χ0n) is 11.8. The molecule has 114 valence electrons. The molecule has 0 radical (unpaired) electrons. The van der Waals surface area contributed by atoms with Gasteiger partial charge in [0.1, 0.15) is 5.75 Å². The molecule has 0 saturated carbocycles. The lowest BCUT2D eigenvalue weighted by Crippen LogP contribution is -2.14. The molecule has 0 amide bonds. The van der Waals surface area contributed by atoms with Crippen molar-refractivity contribution >= 4 is 22.9 Å². The summed E-state index contributed by atoms with van der Waals surface area (Å²) in [6, 6.07) is 6.76. The Morgan fingerprint density at radius 2 is 2.00 bits per heavy atom. The van der Waals surface area contributed by atoms with Gasteiger partial charge < -0.3 is 10.1 Å². The standard InChI is InChI=1S/C15H16ClF2NOS/c1-9-5-13(21-10(9)2)8-19-7-11-6-12(16)3-4-14(11)20-15(17)18/h3-6,15,19H,7-8H2,1-2H3. The summed E-state index contributed by atoms with van der Waals surface area (Å²) in [5.41, 5.74) is 1.88. The molecule has 0 unspecified atom stereocenters. The van der Waals surface area contributed by atoms with Crippen molar-refractivity contribution in [2.24, 2.45) is 0 Å². The molecule has 21 heavy (non-hydrogen) atoms. The molecule has 0 aliphatic heterocycles. The fourth-order valence-electron chi connectivity index (χ4n) is 1.95. The Morgan fingerprint density at radius 1 is 1.24 bits per heavy atom. The summed E-state index contributed by atoms with van der Waals surface area (Å²) in [6.07, 6.45) is 0. The molecule has 0 bridgehead atoms. The second kappa shape index (κ2) is 7.20. The molecule has 2 rings (SSSR count). The SMILES string of the molecule is Cc1cc(CNCc2cc(Cl)ccc2OC(F)F)sc1C. The zero-order valence-corrected chi connectivity index (χ0v) is 13.3. The number of alkyl halides is 2. The highest BCUT2D eigenvalue weighted by molar-refractivity contribution is 7.12. The minimum absolute atomic E-state index is 0.153. The largest absolute Gasteiger partial charge is 0.434 e. The van der Waals surface area contributed by atoms with Gasteiger partial charge in [-0.15, -0.1) is 11.3 Å². The average molecular weight is 332 g/mol. The summed E-state index contributed by atoms with van der Waals surface area (Å²) in [4.78, 5) is 2.50. The van der Waals surface area contributed by atoms with E-state index in [9.17, 15) is 8.78 Å². The molecular weight excluding hydrogens is 316 g/mol. The van der Waals surface area contributed by atoms with E-state index in [1.54, 1.807) is 17.4 Å². The first-order chi connectivity index (χ1) is 9.95. The highest BCUT2D eigenvalue weighted by Gasteiger charge is 2.10. The van der Waals surface area contributed by atoms with Crippen LogP contribution in [-0.2, 0) is 13.1 Å². The molecule has 1 aromatic heterocycles. The van der Waals surface area contributed by atoms with Gasteiger partial charge in [-0.25, -0.2) is 0 Å². The van der Waals surface area contributed by atoms with Crippen molar-refractivity contribution in [1.82, 2.24) is 5.32 Å². The number of rotatable bonds is 6. The smallest absolute Gasteiger partial charge is 0.387 e. The predicted molar refractivity (Wildman–Crippen MR) is 82.4 cm³/mol. The average Bonchev–Trinajstić information content (AvgIpc) is 2.71. The molecule has 1 heterocycles. The van der Waals surface area contributed by atoms with Gasteiger partial charge in [-0.2, -0.15) is 8.78 Å². The monoisotopic (exact) mass is 331 g/mol. The lowest BCUT2D eigenvalue weighted by molar-refractivity contribution is -0.0505. The minimum atomic E-state index is -2.84. The van der Waals surface area contributed by atoms with Crippen LogP contribution in [0, 0.1) is 13.8 Å². The molecule has 0 saturated heterocycles. The number of benzene rings is 1. The number of thiophene rings is 1. The minimum Gasteiger partial charge on any atom is -0.434 e. The van der Waals surface area contributed by atoms with E-state index >= 15 is 0 Å². The molecular formula is C15H16ClF2NOS. The summed E-state index contributed by atoms with van der Waals surface area (Å²) in [6.45, 7) is 2.40. The summed E-state index contributed by atoms with van der Waals surface area (Å²) in [5, 5.41) is 3.72. The maximum atomic E-state index is 12.4. The van der Waals surface area contributed by atoms with E-state index in [-0.39, 0.29) is 5.75 Å². The summed E-state index contributed by atoms with van der Waals surface area (Å²) < 4.78 is 29.2. The first-order valence-electron chi connectivity index (χ1n) is 6.45. The molecule has 0 atom stereocenters. The van der Waals surface area contributed by atoms with Crippen molar-refractivity contribution in [3.63, 3.8) is 0 Å². The number of hydrogen-bond donors (Lipinski definition) is 1. The van der Waals surface area contributed by atoms with Crippen molar-refractivity contribution < 1.29 is 13.5 Å². The Balaban J connectivity index is 2.00. The van der Waals surface area contributed by atoms with Gasteiger partial charge >= 0.3 is 6.61 Å². The molecule has 0 fully saturated rings. The van der Waals surface area contributed by atoms with Crippen LogP contribution in [0.15, 0.2) is 24.3 Å². The van der Waals surface area contributed by atoms with E-state index in [0.717, 1.165) is 0 Å². The van der Waals surface area contributed by atoms with Gasteiger partial charge in [0.2, 0.25) is 0 Å². The number of hydrogen-bond acceptors (Lipinski definition) is 3. The molecule has 1 aromatic carbocycles. The third-order valence-corrected chi connectivity index (χ3v) is 4.46. The summed E-state index contributed by atoms with van der Waals surface area (Å²) >= 11 is 7.63. The maximum absolute atomic E-state index is 12.4.